The van der Waals surface area contributed by atoms with Crippen molar-refractivity contribution in [3.05, 3.63) is 34.3 Å². The molecule has 0 aromatic heterocycles. The molecule has 0 radical (unpaired) electrons. The van der Waals surface area contributed by atoms with Gasteiger partial charge in [0.15, 0.2) is 0 Å². The molecule has 0 aliphatic heterocycles. The topological polar surface area (TPSA) is 55.4 Å². The van der Waals surface area contributed by atoms with E-state index in [1.54, 1.807) is 25.1 Å². The molecule has 0 fully saturated rings. The number of hydrogen-bond donors (Lipinski definition) is 1. The maximum Gasteiger partial charge on any atom is 0.321 e. The van der Waals surface area contributed by atoms with Gasteiger partial charge in [-0.05, 0) is 24.6 Å². The molecule has 1 unspecified atom stereocenters. The standard InChI is InChI=1S/C12H13BrClNO3/c1-7-8(4-3-5-10(7)14)11(16)15-6-9(13)12(17)18-2/h3-5,9H,6H2,1-2H3,(H,15,16). The van der Waals surface area contributed by atoms with E-state index in [2.05, 4.69) is 26.0 Å². The second-order valence-electron chi connectivity index (χ2n) is 3.61. The summed E-state index contributed by atoms with van der Waals surface area (Å²) >= 11 is 9.05. The summed E-state index contributed by atoms with van der Waals surface area (Å²) in [6, 6.07) is 5.10. The van der Waals surface area contributed by atoms with E-state index in [0.29, 0.717) is 16.1 Å². The van der Waals surface area contributed by atoms with Gasteiger partial charge in [-0.1, -0.05) is 33.6 Å². The number of esters is 1. The summed E-state index contributed by atoms with van der Waals surface area (Å²) in [5.74, 6) is -0.707. The number of carbonyl (C=O) groups is 2. The Morgan fingerprint density at radius 2 is 2.17 bits per heavy atom. The third-order valence-electron chi connectivity index (χ3n) is 2.41. The van der Waals surface area contributed by atoms with Gasteiger partial charge in [-0.15, -0.1) is 0 Å². The van der Waals surface area contributed by atoms with Crippen LogP contribution in [-0.2, 0) is 9.53 Å². The molecule has 1 rings (SSSR count). The fourth-order valence-corrected chi connectivity index (χ4v) is 1.87. The highest BCUT2D eigenvalue weighted by Gasteiger charge is 2.17. The van der Waals surface area contributed by atoms with Gasteiger partial charge in [0, 0.05) is 17.1 Å². The zero-order valence-corrected chi connectivity index (χ0v) is 12.3. The highest BCUT2D eigenvalue weighted by Crippen LogP contribution is 2.18. The highest BCUT2D eigenvalue weighted by molar-refractivity contribution is 9.10. The maximum atomic E-state index is 11.9. The van der Waals surface area contributed by atoms with Gasteiger partial charge >= 0.3 is 5.97 Å². The van der Waals surface area contributed by atoms with Gasteiger partial charge in [-0.25, -0.2) is 0 Å². The minimum Gasteiger partial charge on any atom is -0.468 e. The van der Waals surface area contributed by atoms with Crippen LogP contribution in [0.5, 0.6) is 0 Å². The normalized spacial score (nSPS) is 11.8. The van der Waals surface area contributed by atoms with E-state index in [-0.39, 0.29) is 12.5 Å². The van der Waals surface area contributed by atoms with Crippen LogP contribution in [0, 0.1) is 6.92 Å². The summed E-state index contributed by atoms with van der Waals surface area (Å²) in [4.78, 5) is 22.5. The summed E-state index contributed by atoms with van der Waals surface area (Å²) in [6.45, 7) is 1.92. The number of hydrogen-bond acceptors (Lipinski definition) is 3. The average molecular weight is 335 g/mol. The summed E-state index contributed by atoms with van der Waals surface area (Å²) in [5.41, 5.74) is 1.20. The van der Waals surface area contributed by atoms with Gasteiger partial charge in [0.1, 0.15) is 4.83 Å². The van der Waals surface area contributed by atoms with Crippen molar-refractivity contribution in [2.45, 2.75) is 11.8 Å². The molecule has 0 heterocycles. The summed E-state index contributed by atoms with van der Waals surface area (Å²) < 4.78 is 4.53. The number of methoxy groups -OCH3 is 1. The van der Waals surface area contributed by atoms with Crippen molar-refractivity contribution in [1.29, 1.82) is 0 Å². The molecule has 0 bridgehead atoms. The van der Waals surface area contributed by atoms with Crippen molar-refractivity contribution < 1.29 is 14.3 Å². The zero-order valence-electron chi connectivity index (χ0n) is 10.00. The van der Waals surface area contributed by atoms with Gasteiger partial charge in [0.05, 0.1) is 7.11 Å². The monoisotopic (exact) mass is 333 g/mol. The smallest absolute Gasteiger partial charge is 0.321 e. The zero-order chi connectivity index (χ0) is 13.7. The van der Waals surface area contributed by atoms with Gasteiger partial charge in [-0.3, -0.25) is 9.59 Å². The number of benzene rings is 1. The Morgan fingerprint density at radius 1 is 1.50 bits per heavy atom. The molecule has 1 amide bonds. The summed E-state index contributed by atoms with van der Waals surface area (Å²) in [7, 11) is 1.29. The van der Waals surface area contributed by atoms with Gasteiger partial charge < -0.3 is 10.1 Å². The van der Waals surface area contributed by atoms with Crippen molar-refractivity contribution in [2.75, 3.05) is 13.7 Å². The van der Waals surface area contributed by atoms with Crippen LogP contribution in [0.3, 0.4) is 0 Å². The number of carbonyl (C=O) groups excluding carboxylic acids is 2. The Morgan fingerprint density at radius 3 is 2.78 bits per heavy atom. The van der Waals surface area contributed by atoms with E-state index in [0.717, 1.165) is 0 Å². The number of halogens is 2. The fourth-order valence-electron chi connectivity index (χ4n) is 1.34. The first-order valence-electron chi connectivity index (χ1n) is 5.22. The molecule has 1 aromatic carbocycles. The molecule has 0 aliphatic rings. The van der Waals surface area contributed by atoms with E-state index in [4.69, 9.17) is 11.6 Å². The minimum absolute atomic E-state index is 0.150. The van der Waals surface area contributed by atoms with Crippen LogP contribution < -0.4 is 5.32 Å². The lowest BCUT2D eigenvalue weighted by Gasteiger charge is -2.11. The lowest BCUT2D eigenvalue weighted by atomic mass is 10.1. The van der Waals surface area contributed by atoms with E-state index in [1.165, 1.54) is 7.11 Å². The third kappa shape index (κ3) is 3.71. The van der Waals surface area contributed by atoms with Crippen LogP contribution in [0.2, 0.25) is 5.02 Å². The minimum atomic E-state index is -0.564. The molecule has 98 valence electrons. The van der Waals surface area contributed by atoms with Crippen LogP contribution in [-0.4, -0.2) is 30.4 Å². The molecule has 6 heteroatoms. The Hall–Kier alpha value is -1.07. The predicted octanol–water partition coefficient (Wildman–Crippen LogP) is 2.31. The number of amides is 1. The molecule has 0 saturated heterocycles. The Balaban J connectivity index is 2.66. The van der Waals surface area contributed by atoms with Gasteiger partial charge in [-0.2, -0.15) is 0 Å². The van der Waals surface area contributed by atoms with Crippen molar-refractivity contribution >= 4 is 39.4 Å². The van der Waals surface area contributed by atoms with Crippen LogP contribution in [0.25, 0.3) is 0 Å². The van der Waals surface area contributed by atoms with E-state index in [1.807, 2.05) is 0 Å². The Kier molecular flexibility index (Phi) is 5.62. The number of rotatable bonds is 4. The van der Waals surface area contributed by atoms with Crippen molar-refractivity contribution in [3.8, 4) is 0 Å². The molecule has 4 nitrogen and oxygen atoms in total. The molecule has 0 saturated carbocycles. The third-order valence-corrected chi connectivity index (χ3v) is 3.52. The van der Waals surface area contributed by atoms with Crippen LogP contribution >= 0.6 is 27.5 Å². The van der Waals surface area contributed by atoms with Crippen molar-refractivity contribution in [1.82, 2.24) is 5.32 Å². The first-order valence-corrected chi connectivity index (χ1v) is 6.52. The molecular formula is C12H13BrClNO3. The molecule has 1 atom stereocenters. The van der Waals surface area contributed by atoms with E-state index >= 15 is 0 Å². The Bertz CT molecular complexity index is 465. The van der Waals surface area contributed by atoms with Gasteiger partial charge in [0.25, 0.3) is 5.91 Å². The Labute approximate surface area is 119 Å². The largest absolute Gasteiger partial charge is 0.468 e. The number of ether oxygens (including phenoxy) is 1. The molecule has 1 aromatic rings. The molecule has 0 aliphatic carbocycles. The lowest BCUT2D eigenvalue weighted by Crippen LogP contribution is -2.34. The van der Waals surface area contributed by atoms with E-state index in [9.17, 15) is 9.59 Å². The highest BCUT2D eigenvalue weighted by atomic mass is 79.9. The lowest BCUT2D eigenvalue weighted by molar-refractivity contribution is -0.139. The first-order chi connectivity index (χ1) is 8.47. The molecular weight excluding hydrogens is 321 g/mol. The quantitative estimate of drug-likeness (QED) is 0.679. The maximum absolute atomic E-state index is 11.9. The predicted molar refractivity (Wildman–Crippen MR) is 73.3 cm³/mol. The summed E-state index contributed by atoms with van der Waals surface area (Å²) in [5, 5.41) is 3.17. The molecule has 1 N–H and O–H groups in total. The second kappa shape index (κ2) is 6.75. The fraction of sp³-hybridized carbons (Fsp3) is 0.333. The second-order valence-corrected chi connectivity index (χ2v) is 5.13. The first kappa shape index (κ1) is 15.0. The van der Waals surface area contributed by atoms with Crippen molar-refractivity contribution in [2.24, 2.45) is 0 Å². The van der Waals surface area contributed by atoms with Gasteiger partial charge in [0.2, 0.25) is 0 Å². The van der Waals surface area contributed by atoms with Crippen LogP contribution in [0.15, 0.2) is 18.2 Å². The van der Waals surface area contributed by atoms with Crippen molar-refractivity contribution in [3.63, 3.8) is 0 Å². The number of nitrogens with one attached hydrogen (secondary N) is 1. The molecule has 18 heavy (non-hydrogen) atoms. The SMILES string of the molecule is COC(=O)C(Br)CNC(=O)c1cccc(Cl)c1C. The van der Waals surface area contributed by atoms with Crippen LogP contribution in [0.4, 0.5) is 0 Å². The summed E-state index contributed by atoms with van der Waals surface area (Å²) in [6.07, 6.45) is 0. The van der Waals surface area contributed by atoms with Crippen LogP contribution in [0.1, 0.15) is 15.9 Å². The molecule has 0 spiro atoms. The average Bonchev–Trinajstić information content (AvgIpc) is 2.37. The number of alkyl halides is 1. The van der Waals surface area contributed by atoms with E-state index < -0.39 is 10.8 Å².